The molecule has 2 aliphatic rings. The molecule has 0 bridgehead atoms. The number of anilines is 1. The molecule has 0 unspecified atom stereocenters. The van der Waals surface area contributed by atoms with Crippen LogP contribution in [0.1, 0.15) is 48.3 Å². The number of likely N-dealkylation sites (tertiary alicyclic amines) is 2. The number of carbonyl (C=O) groups excluding carboxylic acids is 1. The first-order valence-corrected chi connectivity index (χ1v) is 11.9. The highest BCUT2D eigenvalue weighted by molar-refractivity contribution is 5.92. The fourth-order valence-corrected chi connectivity index (χ4v) is 4.99. The number of nitrogens with one attached hydrogen (secondary N) is 1. The van der Waals surface area contributed by atoms with Gasteiger partial charge in [0.15, 0.2) is 0 Å². The number of benzene rings is 2. The molecule has 2 aromatic carbocycles. The molecule has 2 amide bonds. The molecule has 5 nitrogen and oxygen atoms in total. The highest BCUT2D eigenvalue weighted by atomic mass is 16.2. The van der Waals surface area contributed by atoms with Crippen molar-refractivity contribution >= 4 is 22.6 Å². The maximum Gasteiger partial charge on any atom is 0.321 e. The number of urea groups is 1. The van der Waals surface area contributed by atoms with Crippen LogP contribution >= 0.6 is 0 Å². The molecule has 1 N–H and O–H groups in total. The lowest BCUT2D eigenvalue weighted by atomic mass is 9.89. The van der Waals surface area contributed by atoms with E-state index in [1.807, 2.05) is 23.2 Å². The number of carbonyl (C=O) groups is 1. The van der Waals surface area contributed by atoms with Crippen LogP contribution in [0.5, 0.6) is 0 Å². The van der Waals surface area contributed by atoms with Crippen LogP contribution in [0.3, 0.4) is 0 Å². The number of aryl methyl sites for hydroxylation is 1. The van der Waals surface area contributed by atoms with Crippen LogP contribution in [-0.4, -0.2) is 47.0 Å². The summed E-state index contributed by atoms with van der Waals surface area (Å²) in [6, 6.07) is 17.1. The van der Waals surface area contributed by atoms with Crippen LogP contribution in [0.15, 0.2) is 54.7 Å². The first-order chi connectivity index (χ1) is 15.6. The predicted octanol–water partition coefficient (Wildman–Crippen LogP) is 5.55. The molecular weight excluding hydrogens is 396 g/mol. The van der Waals surface area contributed by atoms with E-state index in [1.165, 1.54) is 42.6 Å². The van der Waals surface area contributed by atoms with Crippen LogP contribution < -0.4 is 5.32 Å². The van der Waals surface area contributed by atoms with Crippen LogP contribution in [0, 0.1) is 6.92 Å². The summed E-state index contributed by atoms with van der Waals surface area (Å²) in [7, 11) is 0. The molecule has 32 heavy (non-hydrogen) atoms. The van der Waals surface area contributed by atoms with Gasteiger partial charge < -0.3 is 10.2 Å². The lowest BCUT2D eigenvalue weighted by molar-refractivity contribution is 0.194. The Morgan fingerprint density at radius 2 is 1.75 bits per heavy atom. The molecule has 1 aromatic heterocycles. The third-order valence-electron chi connectivity index (χ3n) is 6.93. The van der Waals surface area contributed by atoms with E-state index in [0.717, 1.165) is 49.1 Å². The van der Waals surface area contributed by atoms with Gasteiger partial charge in [0, 0.05) is 36.9 Å². The Hall–Kier alpha value is -2.92. The Balaban J connectivity index is 1.18. The van der Waals surface area contributed by atoms with Gasteiger partial charge in [-0.15, -0.1) is 0 Å². The van der Waals surface area contributed by atoms with Gasteiger partial charge in [0.25, 0.3) is 0 Å². The van der Waals surface area contributed by atoms with E-state index in [4.69, 9.17) is 0 Å². The maximum absolute atomic E-state index is 12.8. The lowest BCUT2D eigenvalue weighted by Crippen LogP contribution is -2.40. The number of piperidine rings is 1. The molecule has 0 atom stereocenters. The van der Waals surface area contributed by atoms with Gasteiger partial charge in [-0.25, -0.2) is 4.79 Å². The third-order valence-corrected chi connectivity index (χ3v) is 6.93. The number of rotatable bonds is 4. The minimum atomic E-state index is -0.0163. The molecule has 5 rings (SSSR count). The molecule has 3 aromatic rings. The maximum atomic E-state index is 12.8. The van der Waals surface area contributed by atoms with Gasteiger partial charge in [-0.3, -0.25) is 9.88 Å². The first kappa shape index (κ1) is 21.0. The zero-order chi connectivity index (χ0) is 21.9. The molecular formula is C27H32N4O. The van der Waals surface area contributed by atoms with Crippen molar-refractivity contribution in [2.75, 3.05) is 31.5 Å². The van der Waals surface area contributed by atoms with Crippen molar-refractivity contribution in [2.45, 2.75) is 45.1 Å². The SMILES string of the molecule is Cc1ccc(C2CCN(C(=O)Nc3ccc4cc(CN5CCCC5)cnc4c3)CC2)cc1. The van der Waals surface area contributed by atoms with Gasteiger partial charge in [-0.2, -0.15) is 0 Å². The molecule has 3 heterocycles. The number of fused-ring (bicyclic) bond motifs is 1. The molecule has 0 saturated carbocycles. The summed E-state index contributed by atoms with van der Waals surface area (Å²) in [5.74, 6) is 0.541. The van der Waals surface area contributed by atoms with Crippen LogP contribution in [0.2, 0.25) is 0 Å². The fourth-order valence-electron chi connectivity index (χ4n) is 4.99. The third kappa shape index (κ3) is 4.78. The van der Waals surface area contributed by atoms with Crippen molar-refractivity contribution in [3.8, 4) is 0 Å². The zero-order valence-corrected chi connectivity index (χ0v) is 18.9. The molecule has 0 spiro atoms. The van der Waals surface area contributed by atoms with Crippen molar-refractivity contribution in [3.63, 3.8) is 0 Å². The number of hydrogen-bond donors (Lipinski definition) is 1. The van der Waals surface area contributed by atoms with Gasteiger partial charge in [0.2, 0.25) is 0 Å². The van der Waals surface area contributed by atoms with E-state index in [9.17, 15) is 4.79 Å². The van der Waals surface area contributed by atoms with Crippen LogP contribution in [0.4, 0.5) is 10.5 Å². The van der Waals surface area contributed by atoms with Crippen LogP contribution in [-0.2, 0) is 6.54 Å². The van der Waals surface area contributed by atoms with Crippen molar-refractivity contribution in [1.29, 1.82) is 0 Å². The molecule has 0 aliphatic carbocycles. The molecule has 2 saturated heterocycles. The summed E-state index contributed by atoms with van der Waals surface area (Å²) >= 11 is 0. The van der Waals surface area contributed by atoms with E-state index in [-0.39, 0.29) is 6.03 Å². The van der Waals surface area contributed by atoms with E-state index in [0.29, 0.717) is 5.92 Å². The average molecular weight is 429 g/mol. The Morgan fingerprint density at radius 1 is 1.00 bits per heavy atom. The minimum Gasteiger partial charge on any atom is -0.324 e. The monoisotopic (exact) mass is 428 g/mol. The summed E-state index contributed by atoms with van der Waals surface area (Å²) < 4.78 is 0. The molecule has 2 aliphatic heterocycles. The topological polar surface area (TPSA) is 48.5 Å². The quantitative estimate of drug-likeness (QED) is 0.593. The van der Waals surface area contributed by atoms with Gasteiger partial charge in [-0.05, 0) is 80.9 Å². The first-order valence-electron chi connectivity index (χ1n) is 11.9. The molecule has 2 fully saturated rings. The summed E-state index contributed by atoms with van der Waals surface area (Å²) in [6.45, 7) is 7.04. The van der Waals surface area contributed by atoms with Gasteiger partial charge in [0.05, 0.1) is 5.52 Å². The summed E-state index contributed by atoms with van der Waals surface area (Å²) in [6.07, 6.45) is 6.59. The highest BCUT2D eigenvalue weighted by Gasteiger charge is 2.24. The Bertz CT molecular complexity index is 1080. The number of aromatic nitrogens is 1. The Kier molecular flexibility index (Phi) is 6.08. The standard InChI is InChI=1S/C27H32N4O/c1-20-4-6-22(7-5-20)23-10-14-31(15-11-23)27(32)29-25-9-8-24-16-21(18-28-26(24)17-25)19-30-12-2-3-13-30/h4-9,16-18,23H,2-3,10-15,19H2,1H3,(H,29,32). The second-order valence-electron chi connectivity index (χ2n) is 9.34. The van der Waals surface area contributed by atoms with Crippen molar-refractivity contribution in [2.24, 2.45) is 0 Å². The normalized spacial score (nSPS) is 17.7. The van der Waals surface area contributed by atoms with E-state index >= 15 is 0 Å². The highest BCUT2D eigenvalue weighted by Crippen LogP contribution is 2.29. The summed E-state index contributed by atoms with van der Waals surface area (Å²) in [5, 5.41) is 4.20. The Labute approximate surface area is 190 Å². The molecule has 5 heteroatoms. The van der Waals surface area contributed by atoms with Gasteiger partial charge in [-0.1, -0.05) is 35.9 Å². The van der Waals surface area contributed by atoms with E-state index < -0.39 is 0 Å². The molecule has 166 valence electrons. The predicted molar refractivity (Wildman–Crippen MR) is 130 cm³/mol. The number of pyridine rings is 1. The smallest absolute Gasteiger partial charge is 0.321 e. The van der Waals surface area contributed by atoms with Crippen LogP contribution in [0.25, 0.3) is 10.9 Å². The van der Waals surface area contributed by atoms with Crippen molar-refractivity contribution in [1.82, 2.24) is 14.8 Å². The Morgan fingerprint density at radius 3 is 2.50 bits per heavy atom. The molecule has 0 radical (unpaired) electrons. The average Bonchev–Trinajstić information content (AvgIpc) is 3.33. The second-order valence-corrected chi connectivity index (χ2v) is 9.34. The number of amides is 2. The summed E-state index contributed by atoms with van der Waals surface area (Å²) in [5.41, 5.74) is 5.67. The fraction of sp³-hybridized carbons (Fsp3) is 0.407. The number of hydrogen-bond acceptors (Lipinski definition) is 3. The van der Waals surface area contributed by atoms with E-state index in [2.05, 4.69) is 58.5 Å². The van der Waals surface area contributed by atoms with Gasteiger partial charge >= 0.3 is 6.03 Å². The van der Waals surface area contributed by atoms with E-state index in [1.54, 1.807) is 0 Å². The van der Waals surface area contributed by atoms with Crippen molar-refractivity contribution in [3.05, 3.63) is 71.4 Å². The van der Waals surface area contributed by atoms with Crippen molar-refractivity contribution < 1.29 is 4.79 Å². The second kappa shape index (κ2) is 9.29. The summed E-state index contributed by atoms with van der Waals surface area (Å²) in [4.78, 5) is 21.9. The number of nitrogens with zero attached hydrogens (tertiary/aromatic N) is 3. The minimum absolute atomic E-state index is 0.0163. The largest absolute Gasteiger partial charge is 0.324 e. The zero-order valence-electron chi connectivity index (χ0n) is 18.9. The lowest BCUT2D eigenvalue weighted by Gasteiger charge is -2.32. The van der Waals surface area contributed by atoms with Gasteiger partial charge in [0.1, 0.15) is 0 Å².